The number of amides is 2. The summed E-state index contributed by atoms with van der Waals surface area (Å²) >= 11 is 3.44. The van der Waals surface area contributed by atoms with E-state index in [1.807, 2.05) is 61.5 Å². The van der Waals surface area contributed by atoms with Crippen LogP contribution in [-0.2, 0) is 32.6 Å². The first-order chi connectivity index (χ1) is 19.6. The Morgan fingerprint density at radius 3 is 2.22 bits per heavy atom. The van der Waals surface area contributed by atoms with Crippen molar-refractivity contribution >= 4 is 43.5 Å². The van der Waals surface area contributed by atoms with Gasteiger partial charge in [-0.2, -0.15) is 0 Å². The molecule has 0 aliphatic rings. The summed E-state index contributed by atoms with van der Waals surface area (Å²) in [5.41, 5.74) is 1.96. The third-order valence-corrected chi connectivity index (χ3v) is 8.13. The van der Waals surface area contributed by atoms with Crippen molar-refractivity contribution in [2.45, 2.75) is 45.7 Å². The van der Waals surface area contributed by atoms with E-state index in [2.05, 4.69) is 21.2 Å². The van der Waals surface area contributed by atoms with Gasteiger partial charge in [0.1, 0.15) is 18.3 Å². The van der Waals surface area contributed by atoms with Crippen LogP contribution in [0, 0.1) is 0 Å². The number of rotatable bonds is 15. The lowest BCUT2D eigenvalue weighted by atomic mass is 10.0. The quantitative estimate of drug-likeness (QED) is 0.231. The zero-order valence-corrected chi connectivity index (χ0v) is 26.2. The van der Waals surface area contributed by atoms with Crippen LogP contribution in [0.3, 0.4) is 0 Å². The number of para-hydroxylation sites is 2. The highest BCUT2D eigenvalue weighted by atomic mass is 79.9. The van der Waals surface area contributed by atoms with E-state index in [1.165, 1.54) is 4.90 Å². The fourth-order valence-corrected chi connectivity index (χ4v) is 5.50. The van der Waals surface area contributed by atoms with Gasteiger partial charge in [0.25, 0.3) is 0 Å². The molecule has 0 bridgehead atoms. The van der Waals surface area contributed by atoms with Gasteiger partial charge in [0, 0.05) is 24.0 Å². The molecule has 3 aromatic carbocycles. The summed E-state index contributed by atoms with van der Waals surface area (Å²) in [4.78, 5) is 29.3. The third-order valence-electron chi connectivity index (χ3n) is 6.48. The van der Waals surface area contributed by atoms with Crippen LogP contribution in [0.1, 0.15) is 37.8 Å². The molecule has 0 aliphatic carbocycles. The number of ether oxygens (including phenoxy) is 1. The molecule has 0 aromatic heterocycles. The first-order valence-electron chi connectivity index (χ1n) is 13.7. The molecule has 0 unspecified atom stereocenters. The summed E-state index contributed by atoms with van der Waals surface area (Å²) in [6.07, 6.45) is 3.05. The maximum atomic E-state index is 14.2. The second-order valence-electron chi connectivity index (χ2n) is 9.67. The van der Waals surface area contributed by atoms with E-state index in [9.17, 15) is 18.0 Å². The fraction of sp³-hybridized carbons (Fsp3) is 0.355. The van der Waals surface area contributed by atoms with Gasteiger partial charge in [-0.1, -0.05) is 83.9 Å². The number of sulfonamides is 1. The maximum absolute atomic E-state index is 14.2. The first kappa shape index (κ1) is 32.1. The minimum atomic E-state index is -3.89. The third kappa shape index (κ3) is 9.60. The first-order valence-corrected chi connectivity index (χ1v) is 16.3. The molecule has 3 aromatic rings. The predicted molar refractivity (Wildman–Crippen MR) is 166 cm³/mol. The minimum Gasteiger partial charge on any atom is -0.492 e. The number of anilines is 1. The highest BCUT2D eigenvalue weighted by Crippen LogP contribution is 2.30. The van der Waals surface area contributed by atoms with Crippen molar-refractivity contribution in [1.29, 1.82) is 0 Å². The lowest BCUT2D eigenvalue weighted by Gasteiger charge is -2.33. The van der Waals surface area contributed by atoms with Gasteiger partial charge in [0.2, 0.25) is 21.8 Å². The largest absolute Gasteiger partial charge is 0.492 e. The maximum Gasteiger partial charge on any atom is 0.244 e. The molecule has 8 nitrogen and oxygen atoms in total. The Hall–Kier alpha value is -3.37. The van der Waals surface area contributed by atoms with Gasteiger partial charge in [0.05, 0.1) is 18.6 Å². The lowest BCUT2D eigenvalue weighted by Crippen LogP contribution is -2.53. The average molecular weight is 645 g/mol. The average Bonchev–Trinajstić information content (AvgIpc) is 2.95. The number of benzene rings is 3. The van der Waals surface area contributed by atoms with Gasteiger partial charge in [0.15, 0.2) is 0 Å². The molecule has 0 aliphatic heterocycles. The van der Waals surface area contributed by atoms with E-state index in [0.29, 0.717) is 18.9 Å². The lowest BCUT2D eigenvalue weighted by molar-refractivity contribution is -0.140. The zero-order valence-electron chi connectivity index (χ0n) is 23.8. The van der Waals surface area contributed by atoms with Crippen LogP contribution in [0.15, 0.2) is 83.3 Å². The van der Waals surface area contributed by atoms with Crippen LogP contribution >= 0.6 is 15.9 Å². The van der Waals surface area contributed by atoms with Crippen LogP contribution < -0.4 is 14.4 Å². The number of nitrogens with zero attached hydrogens (tertiary/aromatic N) is 2. The van der Waals surface area contributed by atoms with Crippen molar-refractivity contribution in [1.82, 2.24) is 10.2 Å². The number of hydrogen-bond donors (Lipinski definition) is 1. The monoisotopic (exact) mass is 643 g/mol. The van der Waals surface area contributed by atoms with Crippen molar-refractivity contribution in [3.05, 3.63) is 94.5 Å². The molecular formula is C31H38BrN3O5S. The predicted octanol–water partition coefficient (Wildman–Crippen LogP) is 5.17. The molecule has 0 saturated carbocycles. The smallest absolute Gasteiger partial charge is 0.244 e. The summed E-state index contributed by atoms with van der Waals surface area (Å²) in [5, 5.41) is 2.98. The van der Waals surface area contributed by atoms with Gasteiger partial charge in [-0.25, -0.2) is 8.42 Å². The number of hydrogen-bond acceptors (Lipinski definition) is 5. The van der Waals surface area contributed by atoms with Gasteiger partial charge in [-0.15, -0.1) is 0 Å². The van der Waals surface area contributed by atoms with Crippen LogP contribution in [0.25, 0.3) is 0 Å². The second-order valence-corrected chi connectivity index (χ2v) is 12.5. The molecule has 3 rings (SSSR count). The summed E-state index contributed by atoms with van der Waals surface area (Å²) in [6, 6.07) is 22.8. The molecule has 2 amide bonds. The number of carbonyl (C=O) groups excluding carboxylic acids is 2. The molecule has 220 valence electrons. The van der Waals surface area contributed by atoms with Gasteiger partial charge in [-0.05, 0) is 48.7 Å². The standard InChI is InChI=1S/C31H38BrN3O5S/c1-4-6-20-33-31(37)28(21-24-12-8-7-9-13-24)34(22-25-16-18-26(32)19-17-25)30(36)23-35(41(3,38)39)27-14-10-11-15-29(27)40-5-2/h7-19,28H,4-6,20-23H2,1-3H3,(H,33,37)/t28-/m0/s1. The fourth-order valence-electron chi connectivity index (χ4n) is 4.38. The van der Waals surface area contributed by atoms with E-state index >= 15 is 0 Å². The Labute approximate surface area is 251 Å². The Kier molecular flexibility index (Phi) is 12.2. The van der Waals surface area contributed by atoms with E-state index in [4.69, 9.17) is 4.74 Å². The van der Waals surface area contributed by atoms with Crippen molar-refractivity contribution < 1.29 is 22.7 Å². The highest BCUT2D eigenvalue weighted by molar-refractivity contribution is 9.10. The van der Waals surface area contributed by atoms with Crippen molar-refractivity contribution in [3.8, 4) is 5.75 Å². The number of nitrogens with one attached hydrogen (secondary N) is 1. The molecule has 0 radical (unpaired) electrons. The molecule has 1 N–H and O–H groups in total. The highest BCUT2D eigenvalue weighted by Gasteiger charge is 2.33. The summed E-state index contributed by atoms with van der Waals surface area (Å²) in [5.74, 6) is -0.435. The van der Waals surface area contributed by atoms with Crippen molar-refractivity contribution in [2.24, 2.45) is 0 Å². The Morgan fingerprint density at radius 1 is 0.927 bits per heavy atom. The van der Waals surface area contributed by atoms with E-state index < -0.39 is 28.5 Å². The van der Waals surface area contributed by atoms with E-state index in [1.54, 1.807) is 31.2 Å². The molecule has 0 spiro atoms. The summed E-state index contributed by atoms with van der Waals surface area (Å²) in [7, 11) is -3.89. The van der Waals surface area contributed by atoms with Crippen LogP contribution in [0.4, 0.5) is 5.69 Å². The Bertz CT molecular complexity index is 1380. The number of unbranched alkanes of at least 4 members (excludes halogenated alkanes) is 1. The normalized spacial score (nSPS) is 11.9. The summed E-state index contributed by atoms with van der Waals surface area (Å²) in [6.45, 7) is 4.28. The number of carbonyl (C=O) groups is 2. The zero-order chi connectivity index (χ0) is 29.8. The topological polar surface area (TPSA) is 96.0 Å². The Morgan fingerprint density at radius 2 is 1.59 bits per heavy atom. The molecule has 1 atom stereocenters. The second kappa shape index (κ2) is 15.6. The number of halogens is 1. The van der Waals surface area contributed by atoms with Crippen molar-refractivity contribution in [2.75, 3.05) is 30.3 Å². The molecule has 41 heavy (non-hydrogen) atoms. The molecular weight excluding hydrogens is 606 g/mol. The van der Waals surface area contributed by atoms with Crippen LogP contribution in [-0.4, -0.2) is 57.1 Å². The molecule has 0 heterocycles. The summed E-state index contributed by atoms with van der Waals surface area (Å²) < 4.78 is 33.7. The van der Waals surface area contributed by atoms with Gasteiger partial charge >= 0.3 is 0 Å². The van der Waals surface area contributed by atoms with Crippen LogP contribution in [0.2, 0.25) is 0 Å². The van der Waals surface area contributed by atoms with E-state index in [-0.39, 0.29) is 24.6 Å². The van der Waals surface area contributed by atoms with E-state index in [0.717, 1.165) is 39.0 Å². The molecule has 10 heteroatoms. The van der Waals surface area contributed by atoms with Crippen LogP contribution in [0.5, 0.6) is 5.75 Å². The van der Waals surface area contributed by atoms with Gasteiger partial charge < -0.3 is 15.0 Å². The molecule has 0 saturated heterocycles. The van der Waals surface area contributed by atoms with Crippen molar-refractivity contribution in [3.63, 3.8) is 0 Å². The Balaban J connectivity index is 2.05. The SMILES string of the molecule is CCCCNC(=O)[C@H](Cc1ccccc1)N(Cc1ccc(Br)cc1)C(=O)CN(c1ccccc1OCC)S(C)(=O)=O. The molecule has 0 fully saturated rings. The minimum absolute atomic E-state index is 0.121. The van der Waals surface area contributed by atoms with Gasteiger partial charge in [-0.3, -0.25) is 13.9 Å².